The Morgan fingerprint density at radius 2 is 1.89 bits per heavy atom. The summed E-state index contributed by atoms with van der Waals surface area (Å²) in [4.78, 5) is 33.9. The number of aliphatic carboxylic acids is 1. The molecular formula is C11H19N3O5. The van der Waals surface area contributed by atoms with Gasteiger partial charge in [0.1, 0.15) is 5.54 Å². The van der Waals surface area contributed by atoms with E-state index in [1.54, 1.807) is 0 Å². The lowest BCUT2D eigenvalue weighted by atomic mass is 9.90. The number of carbonyl (C=O) groups is 3. The van der Waals surface area contributed by atoms with Gasteiger partial charge in [-0.25, -0.2) is 9.59 Å². The van der Waals surface area contributed by atoms with Gasteiger partial charge in [-0.05, 0) is 0 Å². The van der Waals surface area contributed by atoms with Gasteiger partial charge in [0.25, 0.3) is 0 Å². The number of hydrogen-bond acceptors (Lipinski definition) is 4. The third kappa shape index (κ3) is 4.40. The van der Waals surface area contributed by atoms with Gasteiger partial charge in [-0.15, -0.1) is 0 Å². The first-order chi connectivity index (χ1) is 9.00. The minimum atomic E-state index is -1.28. The van der Waals surface area contributed by atoms with Gasteiger partial charge in [-0.2, -0.15) is 0 Å². The fourth-order valence-electron chi connectivity index (χ4n) is 1.79. The van der Waals surface area contributed by atoms with Crippen molar-refractivity contribution in [1.82, 2.24) is 16.0 Å². The Hall–Kier alpha value is -1.83. The molecule has 1 aliphatic rings. The summed E-state index contributed by atoms with van der Waals surface area (Å²) in [5.74, 6) is -1.27. The highest BCUT2D eigenvalue weighted by Gasteiger charge is 2.41. The van der Waals surface area contributed by atoms with E-state index >= 15 is 0 Å². The molecule has 0 radical (unpaired) electrons. The van der Waals surface area contributed by atoms with Crippen LogP contribution in [0.4, 0.5) is 4.79 Å². The number of carboxylic acids is 1. The maximum Gasteiger partial charge on any atom is 0.329 e. The molecule has 8 heteroatoms. The third-order valence-electron chi connectivity index (χ3n) is 3.03. The van der Waals surface area contributed by atoms with Crippen LogP contribution in [0.2, 0.25) is 0 Å². The van der Waals surface area contributed by atoms with Crippen LogP contribution in [0.5, 0.6) is 0 Å². The van der Waals surface area contributed by atoms with Crippen LogP contribution in [0, 0.1) is 0 Å². The van der Waals surface area contributed by atoms with E-state index in [4.69, 9.17) is 4.74 Å². The van der Waals surface area contributed by atoms with Crippen molar-refractivity contribution in [2.75, 3.05) is 26.8 Å². The summed E-state index contributed by atoms with van der Waals surface area (Å²) in [5.41, 5.74) is -1.28. The van der Waals surface area contributed by atoms with Crippen molar-refractivity contribution >= 4 is 17.9 Å². The first kappa shape index (κ1) is 15.2. The molecule has 1 rings (SSSR count). The molecule has 4 N–H and O–H groups in total. The van der Waals surface area contributed by atoms with E-state index in [2.05, 4.69) is 16.0 Å². The number of rotatable bonds is 5. The Bertz CT molecular complexity index is 352. The monoisotopic (exact) mass is 273 g/mol. The van der Waals surface area contributed by atoms with Crippen molar-refractivity contribution < 1.29 is 24.2 Å². The maximum absolute atomic E-state index is 11.6. The molecule has 1 saturated heterocycles. The van der Waals surface area contributed by atoms with Crippen LogP contribution in [-0.2, 0) is 14.3 Å². The molecule has 0 aromatic heterocycles. The van der Waals surface area contributed by atoms with E-state index in [1.807, 2.05) is 0 Å². The zero-order chi connectivity index (χ0) is 14.3. The lowest BCUT2D eigenvalue weighted by molar-refractivity contribution is -0.148. The molecule has 0 aliphatic carbocycles. The van der Waals surface area contributed by atoms with Crippen molar-refractivity contribution in [2.24, 2.45) is 0 Å². The van der Waals surface area contributed by atoms with Gasteiger partial charge >= 0.3 is 12.0 Å². The second kappa shape index (κ2) is 6.93. The topological polar surface area (TPSA) is 117 Å². The fraction of sp³-hybridized carbons (Fsp3) is 0.727. The Labute approximate surface area is 110 Å². The molecule has 0 spiro atoms. The van der Waals surface area contributed by atoms with Crippen LogP contribution >= 0.6 is 0 Å². The highest BCUT2D eigenvalue weighted by Crippen LogP contribution is 2.20. The molecule has 0 aromatic rings. The molecular weight excluding hydrogens is 254 g/mol. The van der Waals surface area contributed by atoms with Gasteiger partial charge in [0, 0.05) is 46.1 Å². The van der Waals surface area contributed by atoms with E-state index in [-0.39, 0.29) is 31.7 Å². The molecule has 0 atom stereocenters. The van der Waals surface area contributed by atoms with E-state index in [1.165, 1.54) is 7.05 Å². The van der Waals surface area contributed by atoms with Crippen LogP contribution in [-0.4, -0.2) is 55.4 Å². The summed E-state index contributed by atoms with van der Waals surface area (Å²) in [5, 5.41) is 16.6. The average Bonchev–Trinajstić information content (AvgIpc) is 2.39. The quantitative estimate of drug-likeness (QED) is 0.515. The van der Waals surface area contributed by atoms with Crippen molar-refractivity contribution in [3.8, 4) is 0 Å². The Kier molecular flexibility index (Phi) is 5.56. The smallest absolute Gasteiger partial charge is 0.329 e. The first-order valence-corrected chi connectivity index (χ1v) is 6.08. The third-order valence-corrected chi connectivity index (χ3v) is 3.03. The highest BCUT2D eigenvalue weighted by atomic mass is 16.5. The molecule has 108 valence electrons. The Morgan fingerprint density at radius 3 is 2.42 bits per heavy atom. The molecule has 0 unspecified atom stereocenters. The zero-order valence-corrected chi connectivity index (χ0v) is 10.8. The SMILES string of the molecule is CNC(=O)CCNC(=O)NC1(C(=O)O)CCOCC1. The lowest BCUT2D eigenvalue weighted by Gasteiger charge is -2.33. The predicted molar refractivity (Wildman–Crippen MR) is 65.6 cm³/mol. The Morgan fingerprint density at radius 1 is 1.26 bits per heavy atom. The number of carboxylic acid groups (broad SMARTS) is 1. The molecule has 1 fully saturated rings. The van der Waals surface area contributed by atoms with Crippen LogP contribution in [0.1, 0.15) is 19.3 Å². The number of ether oxygens (including phenoxy) is 1. The summed E-state index contributed by atoms with van der Waals surface area (Å²) in [7, 11) is 1.50. The van der Waals surface area contributed by atoms with Crippen molar-refractivity contribution in [3.05, 3.63) is 0 Å². The van der Waals surface area contributed by atoms with Crippen molar-refractivity contribution in [2.45, 2.75) is 24.8 Å². The minimum absolute atomic E-state index is 0.146. The summed E-state index contributed by atoms with van der Waals surface area (Å²) >= 11 is 0. The second-order valence-corrected chi connectivity index (χ2v) is 4.30. The maximum atomic E-state index is 11.6. The summed E-state index contributed by atoms with van der Waals surface area (Å²) < 4.78 is 5.10. The Balaban J connectivity index is 2.44. The average molecular weight is 273 g/mol. The number of carbonyl (C=O) groups excluding carboxylic acids is 2. The molecule has 0 saturated carbocycles. The normalized spacial score (nSPS) is 17.3. The highest BCUT2D eigenvalue weighted by molar-refractivity contribution is 5.86. The minimum Gasteiger partial charge on any atom is -0.480 e. The number of hydrogen-bond donors (Lipinski definition) is 4. The van der Waals surface area contributed by atoms with Crippen LogP contribution in [0.3, 0.4) is 0 Å². The van der Waals surface area contributed by atoms with Crippen LogP contribution in [0.15, 0.2) is 0 Å². The molecule has 19 heavy (non-hydrogen) atoms. The predicted octanol–water partition coefficient (Wildman–Crippen LogP) is -0.944. The van der Waals surface area contributed by atoms with E-state index in [0.29, 0.717) is 13.2 Å². The lowest BCUT2D eigenvalue weighted by Crippen LogP contribution is -2.59. The van der Waals surface area contributed by atoms with Gasteiger partial charge < -0.3 is 25.8 Å². The second-order valence-electron chi connectivity index (χ2n) is 4.30. The summed E-state index contributed by atoms with van der Waals surface area (Å²) in [6, 6.07) is -0.590. The molecule has 1 aliphatic heterocycles. The van der Waals surface area contributed by atoms with Gasteiger partial charge in [0.05, 0.1) is 0 Å². The molecule has 1 heterocycles. The van der Waals surface area contributed by atoms with Gasteiger partial charge in [-0.1, -0.05) is 0 Å². The molecule has 0 bridgehead atoms. The zero-order valence-electron chi connectivity index (χ0n) is 10.8. The molecule has 0 aromatic carbocycles. The largest absolute Gasteiger partial charge is 0.480 e. The number of nitrogens with one attached hydrogen (secondary N) is 3. The summed E-state index contributed by atoms with van der Waals surface area (Å²) in [6.07, 6.45) is 0.601. The number of amides is 3. The van der Waals surface area contributed by atoms with Crippen molar-refractivity contribution in [3.63, 3.8) is 0 Å². The van der Waals surface area contributed by atoms with Gasteiger partial charge in [0.2, 0.25) is 5.91 Å². The number of urea groups is 1. The summed E-state index contributed by atoms with van der Waals surface area (Å²) in [6.45, 7) is 0.743. The van der Waals surface area contributed by atoms with E-state index in [0.717, 1.165) is 0 Å². The first-order valence-electron chi connectivity index (χ1n) is 6.08. The van der Waals surface area contributed by atoms with Crippen LogP contribution < -0.4 is 16.0 Å². The molecule has 8 nitrogen and oxygen atoms in total. The standard InChI is InChI=1S/C11H19N3O5/c1-12-8(15)2-5-13-10(18)14-11(9(16)17)3-6-19-7-4-11/h2-7H2,1H3,(H,12,15)(H,16,17)(H2,13,14,18). The fourth-order valence-corrected chi connectivity index (χ4v) is 1.79. The van der Waals surface area contributed by atoms with Crippen LogP contribution in [0.25, 0.3) is 0 Å². The van der Waals surface area contributed by atoms with Gasteiger partial charge in [-0.3, -0.25) is 4.79 Å². The van der Waals surface area contributed by atoms with Gasteiger partial charge in [0.15, 0.2) is 0 Å². The van der Waals surface area contributed by atoms with Crippen molar-refractivity contribution in [1.29, 1.82) is 0 Å². The molecule has 3 amide bonds. The van der Waals surface area contributed by atoms with E-state index in [9.17, 15) is 19.5 Å². The van der Waals surface area contributed by atoms with E-state index < -0.39 is 17.5 Å².